The summed E-state index contributed by atoms with van der Waals surface area (Å²) < 4.78 is 10.3. The van der Waals surface area contributed by atoms with Crippen molar-refractivity contribution < 1.29 is 23.9 Å². The van der Waals surface area contributed by atoms with Gasteiger partial charge in [0.2, 0.25) is 0 Å². The summed E-state index contributed by atoms with van der Waals surface area (Å²) in [5.41, 5.74) is 2.88. The molecular formula is C24H21NO5. The van der Waals surface area contributed by atoms with E-state index < -0.39 is 18.5 Å². The average molecular weight is 403 g/mol. The van der Waals surface area contributed by atoms with Crippen molar-refractivity contribution in [1.82, 2.24) is 0 Å². The SMILES string of the molecule is CC(=O)c1ccccc1NC(=O)COC(=O)COc1ccc(-c2ccccc2)cc1. The summed E-state index contributed by atoms with van der Waals surface area (Å²) in [6.07, 6.45) is 0. The molecule has 0 bridgehead atoms. The third-order valence-corrected chi connectivity index (χ3v) is 4.26. The Morgan fingerprint density at radius 3 is 2.10 bits per heavy atom. The molecule has 6 heteroatoms. The van der Waals surface area contributed by atoms with Crippen LogP contribution in [0.1, 0.15) is 17.3 Å². The first kappa shape index (κ1) is 20.8. The minimum Gasteiger partial charge on any atom is -0.482 e. The number of ether oxygens (including phenoxy) is 2. The third-order valence-electron chi connectivity index (χ3n) is 4.26. The predicted molar refractivity (Wildman–Crippen MR) is 113 cm³/mol. The molecule has 0 aliphatic rings. The lowest BCUT2D eigenvalue weighted by atomic mass is 10.1. The van der Waals surface area contributed by atoms with E-state index in [-0.39, 0.29) is 12.4 Å². The smallest absolute Gasteiger partial charge is 0.344 e. The Labute approximate surface area is 174 Å². The fourth-order valence-corrected chi connectivity index (χ4v) is 2.79. The molecule has 152 valence electrons. The van der Waals surface area contributed by atoms with Crippen LogP contribution in [-0.2, 0) is 14.3 Å². The van der Waals surface area contributed by atoms with Crippen LogP contribution < -0.4 is 10.1 Å². The molecule has 0 aromatic heterocycles. The molecule has 0 unspecified atom stereocenters. The van der Waals surface area contributed by atoms with Crippen molar-refractivity contribution >= 4 is 23.3 Å². The number of carbonyl (C=O) groups excluding carboxylic acids is 3. The number of ketones is 1. The van der Waals surface area contributed by atoms with Gasteiger partial charge in [-0.3, -0.25) is 9.59 Å². The Hall–Kier alpha value is -3.93. The molecule has 0 aliphatic heterocycles. The van der Waals surface area contributed by atoms with Gasteiger partial charge in [0, 0.05) is 5.56 Å². The van der Waals surface area contributed by atoms with Crippen molar-refractivity contribution in [3.8, 4) is 16.9 Å². The van der Waals surface area contributed by atoms with E-state index in [0.29, 0.717) is 17.0 Å². The van der Waals surface area contributed by atoms with Gasteiger partial charge in [0.15, 0.2) is 19.0 Å². The minimum absolute atomic E-state index is 0.172. The molecule has 1 amide bonds. The van der Waals surface area contributed by atoms with Gasteiger partial charge in [0.05, 0.1) is 5.69 Å². The summed E-state index contributed by atoms with van der Waals surface area (Å²) in [5, 5.41) is 2.56. The van der Waals surface area contributed by atoms with Crippen molar-refractivity contribution in [3.05, 3.63) is 84.4 Å². The molecule has 0 radical (unpaired) electrons. The molecule has 0 spiro atoms. The van der Waals surface area contributed by atoms with Crippen LogP contribution in [0.4, 0.5) is 5.69 Å². The van der Waals surface area contributed by atoms with E-state index in [4.69, 9.17) is 9.47 Å². The molecule has 0 fully saturated rings. The van der Waals surface area contributed by atoms with Crippen molar-refractivity contribution in [2.45, 2.75) is 6.92 Å². The van der Waals surface area contributed by atoms with Gasteiger partial charge in [-0.15, -0.1) is 0 Å². The van der Waals surface area contributed by atoms with Gasteiger partial charge in [-0.1, -0.05) is 54.6 Å². The highest BCUT2D eigenvalue weighted by Crippen LogP contribution is 2.22. The number of rotatable bonds is 8. The van der Waals surface area contributed by atoms with E-state index in [0.717, 1.165) is 11.1 Å². The maximum Gasteiger partial charge on any atom is 0.344 e. The van der Waals surface area contributed by atoms with Crippen molar-refractivity contribution in [2.75, 3.05) is 18.5 Å². The van der Waals surface area contributed by atoms with Gasteiger partial charge in [0.1, 0.15) is 5.75 Å². The summed E-state index contributed by atoms with van der Waals surface area (Å²) in [6.45, 7) is 0.623. The van der Waals surface area contributed by atoms with Gasteiger partial charge >= 0.3 is 5.97 Å². The second kappa shape index (κ2) is 10.0. The molecule has 3 aromatic carbocycles. The summed E-state index contributed by atoms with van der Waals surface area (Å²) in [5.74, 6) is -0.859. The standard InChI is InChI=1S/C24H21NO5/c1-17(26)21-9-5-6-10-22(21)25-23(27)15-30-24(28)16-29-20-13-11-19(12-14-20)18-7-3-2-4-8-18/h2-14H,15-16H2,1H3,(H,25,27). The quantitative estimate of drug-likeness (QED) is 0.452. The lowest BCUT2D eigenvalue weighted by molar-refractivity contribution is -0.149. The van der Waals surface area contributed by atoms with Crippen LogP contribution in [0.3, 0.4) is 0 Å². The lowest BCUT2D eigenvalue weighted by Gasteiger charge is -2.10. The molecule has 0 aliphatic carbocycles. The minimum atomic E-state index is -0.669. The number of hydrogen-bond donors (Lipinski definition) is 1. The number of carbonyl (C=O) groups is 3. The average Bonchev–Trinajstić information content (AvgIpc) is 2.77. The maximum absolute atomic E-state index is 12.0. The number of anilines is 1. The second-order valence-electron chi connectivity index (χ2n) is 6.49. The monoisotopic (exact) mass is 403 g/mol. The van der Waals surface area contributed by atoms with Gasteiger partial charge in [-0.25, -0.2) is 4.79 Å². The van der Waals surface area contributed by atoms with Crippen molar-refractivity contribution in [3.63, 3.8) is 0 Å². The number of nitrogens with one attached hydrogen (secondary N) is 1. The van der Waals surface area contributed by atoms with E-state index >= 15 is 0 Å². The van der Waals surface area contributed by atoms with Gasteiger partial charge in [-0.05, 0) is 42.3 Å². The zero-order valence-electron chi connectivity index (χ0n) is 16.5. The predicted octanol–water partition coefficient (Wildman–Crippen LogP) is 4.12. The Bertz CT molecular complexity index is 1030. The van der Waals surface area contributed by atoms with Crippen LogP contribution in [0.5, 0.6) is 5.75 Å². The van der Waals surface area contributed by atoms with E-state index in [1.165, 1.54) is 6.92 Å². The van der Waals surface area contributed by atoms with Crippen LogP contribution in [0, 0.1) is 0 Å². The van der Waals surface area contributed by atoms with Crippen LogP contribution in [0.25, 0.3) is 11.1 Å². The van der Waals surface area contributed by atoms with Crippen LogP contribution in [0.15, 0.2) is 78.9 Å². The van der Waals surface area contributed by atoms with Crippen LogP contribution in [-0.4, -0.2) is 30.9 Å². The summed E-state index contributed by atoms with van der Waals surface area (Å²) >= 11 is 0. The maximum atomic E-state index is 12.0. The van der Waals surface area contributed by atoms with E-state index in [1.807, 2.05) is 42.5 Å². The lowest BCUT2D eigenvalue weighted by Crippen LogP contribution is -2.24. The number of esters is 1. The molecule has 0 heterocycles. The molecular weight excluding hydrogens is 382 g/mol. The molecule has 0 atom stereocenters. The first-order valence-electron chi connectivity index (χ1n) is 9.36. The molecule has 30 heavy (non-hydrogen) atoms. The topological polar surface area (TPSA) is 81.7 Å². The Kier molecular flexibility index (Phi) is 6.95. The highest BCUT2D eigenvalue weighted by Gasteiger charge is 2.12. The number of Topliss-reactive ketones (excluding diaryl/α,β-unsaturated/α-hetero) is 1. The van der Waals surface area contributed by atoms with Crippen LogP contribution in [0.2, 0.25) is 0 Å². The Morgan fingerprint density at radius 1 is 0.767 bits per heavy atom. The largest absolute Gasteiger partial charge is 0.482 e. The molecule has 1 N–H and O–H groups in total. The van der Waals surface area contributed by atoms with Gasteiger partial charge in [0.25, 0.3) is 5.91 Å². The van der Waals surface area contributed by atoms with Gasteiger partial charge < -0.3 is 14.8 Å². The normalized spacial score (nSPS) is 10.2. The first-order chi connectivity index (χ1) is 14.5. The summed E-state index contributed by atoms with van der Waals surface area (Å²) in [4.78, 5) is 35.4. The fraction of sp³-hybridized carbons (Fsp3) is 0.125. The molecule has 3 rings (SSSR count). The number of benzene rings is 3. The zero-order valence-corrected chi connectivity index (χ0v) is 16.5. The number of hydrogen-bond acceptors (Lipinski definition) is 5. The van der Waals surface area contributed by atoms with E-state index in [2.05, 4.69) is 5.32 Å². The number of para-hydroxylation sites is 1. The first-order valence-corrected chi connectivity index (χ1v) is 9.36. The van der Waals surface area contributed by atoms with Crippen molar-refractivity contribution in [2.24, 2.45) is 0 Å². The summed E-state index contributed by atoms with van der Waals surface area (Å²) in [7, 11) is 0. The van der Waals surface area contributed by atoms with E-state index in [9.17, 15) is 14.4 Å². The van der Waals surface area contributed by atoms with Gasteiger partial charge in [-0.2, -0.15) is 0 Å². The zero-order chi connectivity index (χ0) is 21.3. The second-order valence-corrected chi connectivity index (χ2v) is 6.49. The molecule has 3 aromatic rings. The Balaban J connectivity index is 1.45. The number of amides is 1. The molecule has 0 saturated heterocycles. The fourth-order valence-electron chi connectivity index (χ4n) is 2.79. The summed E-state index contributed by atoms with van der Waals surface area (Å²) in [6, 6.07) is 23.8. The highest BCUT2D eigenvalue weighted by atomic mass is 16.6. The highest BCUT2D eigenvalue weighted by molar-refractivity contribution is 6.04. The molecule has 0 saturated carbocycles. The Morgan fingerprint density at radius 2 is 1.40 bits per heavy atom. The van der Waals surface area contributed by atoms with E-state index in [1.54, 1.807) is 36.4 Å². The van der Waals surface area contributed by atoms with Crippen molar-refractivity contribution in [1.29, 1.82) is 0 Å². The molecule has 6 nitrogen and oxygen atoms in total. The van der Waals surface area contributed by atoms with Crippen LogP contribution >= 0.6 is 0 Å². The third kappa shape index (κ3) is 5.78.